The fourth-order valence-electron chi connectivity index (χ4n) is 2.79. The minimum Gasteiger partial charge on any atom is -0.348 e. The van der Waals surface area contributed by atoms with Gasteiger partial charge in [0.15, 0.2) is 0 Å². The number of amides is 1. The van der Waals surface area contributed by atoms with Crippen LogP contribution in [0, 0.1) is 5.92 Å². The molecular weight excluding hydrogens is 280 g/mol. The summed E-state index contributed by atoms with van der Waals surface area (Å²) in [6, 6.07) is 12.4. The Morgan fingerprint density at radius 3 is 2.86 bits per heavy atom. The maximum atomic E-state index is 12.6. The van der Waals surface area contributed by atoms with Crippen molar-refractivity contribution in [1.29, 1.82) is 0 Å². The fraction of sp³-hybridized carbons (Fsp3) is 0.353. The van der Waals surface area contributed by atoms with Crippen LogP contribution < -0.4 is 10.6 Å². The molecule has 3 rings (SSSR count). The second-order valence-corrected chi connectivity index (χ2v) is 6.50. The molecule has 2 heterocycles. The molecule has 2 unspecified atom stereocenters. The topological polar surface area (TPSA) is 41.1 Å². The van der Waals surface area contributed by atoms with Crippen LogP contribution in [0.25, 0.3) is 11.1 Å². The van der Waals surface area contributed by atoms with Crippen LogP contribution in [0.5, 0.6) is 0 Å². The Hall–Kier alpha value is -1.65. The normalized spacial score (nSPS) is 22.0. The second-order valence-electron chi connectivity index (χ2n) is 5.58. The standard InChI is InChI=1S/C17H20N2OS/c1-12-11-18-9-7-15(12)19-17(20)16-14(8-10-21-16)13-5-3-2-4-6-13/h2-6,8,10,12,15,18H,7,9,11H2,1H3,(H,19,20). The molecule has 1 aromatic carbocycles. The zero-order valence-corrected chi connectivity index (χ0v) is 13.0. The van der Waals surface area contributed by atoms with Gasteiger partial charge in [-0.05, 0) is 42.4 Å². The highest BCUT2D eigenvalue weighted by molar-refractivity contribution is 7.12. The zero-order chi connectivity index (χ0) is 14.7. The van der Waals surface area contributed by atoms with Gasteiger partial charge < -0.3 is 10.6 Å². The molecular formula is C17H20N2OS. The minimum absolute atomic E-state index is 0.0580. The van der Waals surface area contributed by atoms with E-state index in [-0.39, 0.29) is 11.9 Å². The van der Waals surface area contributed by atoms with Crippen LogP contribution >= 0.6 is 11.3 Å². The molecule has 1 saturated heterocycles. The van der Waals surface area contributed by atoms with Crippen molar-refractivity contribution in [1.82, 2.24) is 10.6 Å². The van der Waals surface area contributed by atoms with Gasteiger partial charge in [0, 0.05) is 11.6 Å². The molecule has 1 amide bonds. The van der Waals surface area contributed by atoms with Gasteiger partial charge in [0.05, 0.1) is 4.88 Å². The van der Waals surface area contributed by atoms with E-state index < -0.39 is 0 Å². The smallest absolute Gasteiger partial charge is 0.262 e. The molecule has 0 aliphatic carbocycles. The lowest BCUT2D eigenvalue weighted by Gasteiger charge is -2.30. The van der Waals surface area contributed by atoms with Crippen LogP contribution in [0.4, 0.5) is 0 Å². The van der Waals surface area contributed by atoms with Gasteiger partial charge in [-0.1, -0.05) is 37.3 Å². The Morgan fingerprint density at radius 2 is 2.10 bits per heavy atom. The molecule has 21 heavy (non-hydrogen) atoms. The lowest BCUT2D eigenvalue weighted by molar-refractivity contribution is 0.0919. The Bertz CT molecular complexity index is 608. The Balaban J connectivity index is 1.78. The van der Waals surface area contributed by atoms with Gasteiger partial charge in [-0.15, -0.1) is 11.3 Å². The van der Waals surface area contributed by atoms with Crippen LogP contribution in [0.3, 0.4) is 0 Å². The van der Waals surface area contributed by atoms with E-state index in [1.807, 2.05) is 41.8 Å². The average Bonchev–Trinajstić information content (AvgIpc) is 3.00. The third kappa shape index (κ3) is 3.17. The maximum absolute atomic E-state index is 12.6. The van der Waals surface area contributed by atoms with Crippen LogP contribution in [0.1, 0.15) is 23.0 Å². The third-order valence-corrected chi connectivity index (χ3v) is 4.97. The van der Waals surface area contributed by atoms with Crippen LogP contribution in [-0.4, -0.2) is 25.0 Å². The summed E-state index contributed by atoms with van der Waals surface area (Å²) in [5, 5.41) is 8.56. The van der Waals surface area contributed by atoms with Gasteiger partial charge in [-0.3, -0.25) is 4.79 Å². The zero-order valence-electron chi connectivity index (χ0n) is 12.1. The first-order valence-electron chi connectivity index (χ1n) is 7.40. The number of carbonyl (C=O) groups excluding carboxylic acids is 1. The predicted octanol–water partition coefficient (Wildman–Crippen LogP) is 3.14. The quantitative estimate of drug-likeness (QED) is 0.914. The molecule has 0 saturated carbocycles. The molecule has 3 nitrogen and oxygen atoms in total. The summed E-state index contributed by atoms with van der Waals surface area (Å²) in [7, 11) is 0. The van der Waals surface area contributed by atoms with Crippen LogP contribution in [0.2, 0.25) is 0 Å². The Morgan fingerprint density at radius 1 is 1.29 bits per heavy atom. The van der Waals surface area contributed by atoms with Crippen molar-refractivity contribution in [3.63, 3.8) is 0 Å². The summed E-state index contributed by atoms with van der Waals surface area (Å²) in [4.78, 5) is 13.4. The first-order valence-corrected chi connectivity index (χ1v) is 8.28. The molecule has 2 N–H and O–H groups in total. The van der Waals surface area contributed by atoms with Gasteiger partial charge in [0.1, 0.15) is 0 Å². The van der Waals surface area contributed by atoms with E-state index in [9.17, 15) is 4.79 Å². The second kappa shape index (κ2) is 6.41. The Kier molecular flexibility index (Phi) is 4.36. The van der Waals surface area contributed by atoms with E-state index in [1.165, 1.54) is 11.3 Å². The molecule has 1 fully saturated rings. The van der Waals surface area contributed by atoms with Crippen molar-refractivity contribution in [2.24, 2.45) is 5.92 Å². The van der Waals surface area contributed by atoms with Crippen LogP contribution in [-0.2, 0) is 0 Å². The highest BCUT2D eigenvalue weighted by Crippen LogP contribution is 2.28. The minimum atomic E-state index is 0.0580. The molecule has 2 atom stereocenters. The number of nitrogens with one attached hydrogen (secondary N) is 2. The number of rotatable bonds is 3. The highest BCUT2D eigenvalue weighted by atomic mass is 32.1. The summed E-state index contributed by atoms with van der Waals surface area (Å²) in [6.45, 7) is 4.13. The first-order chi connectivity index (χ1) is 10.3. The van der Waals surface area contributed by atoms with E-state index in [0.717, 1.165) is 35.5 Å². The summed E-state index contributed by atoms with van der Waals surface area (Å²) in [6.07, 6.45) is 0.999. The molecule has 0 radical (unpaired) electrons. The molecule has 0 bridgehead atoms. The van der Waals surface area contributed by atoms with Gasteiger partial charge >= 0.3 is 0 Å². The summed E-state index contributed by atoms with van der Waals surface area (Å²) < 4.78 is 0. The number of carbonyl (C=O) groups is 1. The SMILES string of the molecule is CC1CNCCC1NC(=O)c1sccc1-c1ccccc1. The molecule has 4 heteroatoms. The third-order valence-electron chi connectivity index (χ3n) is 4.06. The highest BCUT2D eigenvalue weighted by Gasteiger charge is 2.24. The van der Waals surface area contributed by atoms with E-state index in [2.05, 4.69) is 17.6 Å². The monoisotopic (exact) mass is 300 g/mol. The summed E-state index contributed by atoms with van der Waals surface area (Å²) in [5.74, 6) is 0.533. The lowest BCUT2D eigenvalue weighted by Crippen LogP contribution is -2.48. The van der Waals surface area contributed by atoms with Crippen molar-refractivity contribution in [3.8, 4) is 11.1 Å². The molecule has 0 spiro atoms. The molecule has 1 aliphatic rings. The van der Waals surface area contributed by atoms with Crippen molar-refractivity contribution >= 4 is 17.2 Å². The van der Waals surface area contributed by atoms with Crippen molar-refractivity contribution < 1.29 is 4.79 Å². The number of piperidine rings is 1. The summed E-state index contributed by atoms with van der Waals surface area (Å²) in [5.41, 5.74) is 2.13. The van der Waals surface area contributed by atoms with E-state index >= 15 is 0 Å². The number of thiophene rings is 1. The van der Waals surface area contributed by atoms with Crippen LogP contribution in [0.15, 0.2) is 41.8 Å². The molecule has 1 aliphatic heterocycles. The summed E-state index contributed by atoms with van der Waals surface area (Å²) >= 11 is 1.51. The number of benzene rings is 1. The molecule has 1 aromatic heterocycles. The molecule has 110 valence electrons. The van der Waals surface area contributed by atoms with E-state index in [4.69, 9.17) is 0 Å². The predicted molar refractivity (Wildman–Crippen MR) is 87.7 cm³/mol. The molecule has 2 aromatic rings. The van der Waals surface area contributed by atoms with E-state index in [1.54, 1.807) is 0 Å². The first kappa shape index (κ1) is 14.3. The lowest BCUT2D eigenvalue weighted by atomic mass is 9.95. The van der Waals surface area contributed by atoms with Gasteiger partial charge in [0.2, 0.25) is 0 Å². The maximum Gasteiger partial charge on any atom is 0.262 e. The van der Waals surface area contributed by atoms with Crippen molar-refractivity contribution in [3.05, 3.63) is 46.7 Å². The number of hydrogen-bond acceptors (Lipinski definition) is 3. The van der Waals surface area contributed by atoms with Gasteiger partial charge in [0.25, 0.3) is 5.91 Å². The average molecular weight is 300 g/mol. The van der Waals surface area contributed by atoms with Gasteiger partial charge in [-0.2, -0.15) is 0 Å². The van der Waals surface area contributed by atoms with Crippen molar-refractivity contribution in [2.45, 2.75) is 19.4 Å². The van der Waals surface area contributed by atoms with Crippen molar-refractivity contribution in [2.75, 3.05) is 13.1 Å². The Labute approximate surface area is 129 Å². The van der Waals surface area contributed by atoms with E-state index in [0.29, 0.717) is 5.92 Å². The fourth-order valence-corrected chi connectivity index (χ4v) is 3.61. The van der Waals surface area contributed by atoms with Gasteiger partial charge in [-0.25, -0.2) is 0 Å². The number of hydrogen-bond donors (Lipinski definition) is 2. The largest absolute Gasteiger partial charge is 0.348 e.